The zero-order valence-corrected chi connectivity index (χ0v) is 15.5. The summed E-state index contributed by atoms with van der Waals surface area (Å²) >= 11 is 0. The van der Waals surface area contributed by atoms with E-state index in [0.717, 1.165) is 49.5 Å². The molecule has 0 radical (unpaired) electrons. The molecule has 2 aliphatic rings. The molecule has 0 saturated carbocycles. The van der Waals surface area contributed by atoms with E-state index in [4.69, 9.17) is 0 Å². The standard InChI is InChI=1S/C21H23N5O/c1-15-12-23-20(10-17(15)11-22)25-8-6-18(7-9-25)26-13-16-4-2-3-5-19(16)24-21(27)14-26/h2-5,10,12,18H,6-9,13-14H2,1H3,(H,24,27). The van der Waals surface area contributed by atoms with E-state index in [-0.39, 0.29) is 5.91 Å². The number of aryl methyl sites for hydroxylation is 1. The molecule has 1 aromatic heterocycles. The van der Waals surface area contributed by atoms with E-state index in [1.165, 1.54) is 5.56 Å². The van der Waals surface area contributed by atoms with Crippen LogP contribution in [0.3, 0.4) is 0 Å². The first-order valence-corrected chi connectivity index (χ1v) is 9.37. The summed E-state index contributed by atoms with van der Waals surface area (Å²) in [5.41, 5.74) is 3.69. The third kappa shape index (κ3) is 3.64. The van der Waals surface area contributed by atoms with E-state index in [1.807, 2.05) is 31.2 Å². The summed E-state index contributed by atoms with van der Waals surface area (Å²) < 4.78 is 0. The number of aromatic nitrogens is 1. The monoisotopic (exact) mass is 361 g/mol. The molecule has 0 bridgehead atoms. The average molecular weight is 361 g/mol. The molecule has 1 saturated heterocycles. The Bertz CT molecular complexity index is 896. The number of pyridine rings is 1. The molecule has 0 aliphatic carbocycles. The molecule has 0 unspecified atom stereocenters. The van der Waals surface area contributed by atoms with Crippen molar-refractivity contribution in [2.24, 2.45) is 0 Å². The Morgan fingerprint density at radius 2 is 2.00 bits per heavy atom. The molecule has 1 aromatic carbocycles. The van der Waals surface area contributed by atoms with Crippen LogP contribution in [0.4, 0.5) is 11.5 Å². The van der Waals surface area contributed by atoms with Crippen LogP contribution >= 0.6 is 0 Å². The molecule has 2 aromatic rings. The second kappa shape index (κ2) is 7.37. The first-order valence-electron chi connectivity index (χ1n) is 9.37. The molecule has 3 heterocycles. The van der Waals surface area contributed by atoms with Gasteiger partial charge in [0.1, 0.15) is 5.82 Å². The maximum absolute atomic E-state index is 12.3. The number of hydrogen-bond acceptors (Lipinski definition) is 5. The highest BCUT2D eigenvalue weighted by atomic mass is 16.2. The number of anilines is 2. The molecule has 4 rings (SSSR count). The number of benzene rings is 1. The van der Waals surface area contributed by atoms with E-state index in [2.05, 4.69) is 32.2 Å². The Labute approximate surface area is 159 Å². The van der Waals surface area contributed by atoms with Crippen LogP contribution in [0.15, 0.2) is 36.5 Å². The summed E-state index contributed by atoms with van der Waals surface area (Å²) in [6.07, 6.45) is 3.73. The first-order chi connectivity index (χ1) is 13.1. The lowest BCUT2D eigenvalue weighted by atomic mass is 10.0. The average Bonchev–Trinajstić information content (AvgIpc) is 2.86. The largest absolute Gasteiger partial charge is 0.356 e. The van der Waals surface area contributed by atoms with Crippen LogP contribution in [-0.4, -0.2) is 41.5 Å². The van der Waals surface area contributed by atoms with E-state index in [1.54, 1.807) is 6.20 Å². The lowest BCUT2D eigenvalue weighted by Gasteiger charge is -2.38. The maximum Gasteiger partial charge on any atom is 0.238 e. The van der Waals surface area contributed by atoms with Crippen molar-refractivity contribution in [2.45, 2.75) is 32.4 Å². The van der Waals surface area contributed by atoms with Gasteiger partial charge < -0.3 is 10.2 Å². The molecular weight excluding hydrogens is 338 g/mol. The number of carbonyl (C=O) groups excluding carboxylic acids is 1. The van der Waals surface area contributed by atoms with Crippen molar-refractivity contribution < 1.29 is 4.79 Å². The zero-order chi connectivity index (χ0) is 18.8. The normalized spacial score (nSPS) is 18.4. The molecule has 6 nitrogen and oxygen atoms in total. The SMILES string of the molecule is Cc1cnc(N2CCC(N3CC(=O)Nc4ccccc4C3)CC2)cc1C#N. The zero-order valence-electron chi connectivity index (χ0n) is 15.5. The third-order valence-electron chi connectivity index (χ3n) is 5.53. The Morgan fingerprint density at radius 1 is 1.22 bits per heavy atom. The van der Waals surface area contributed by atoms with Crippen LogP contribution in [0.1, 0.15) is 29.5 Å². The van der Waals surface area contributed by atoms with Gasteiger partial charge in [0.2, 0.25) is 5.91 Å². The predicted molar refractivity (Wildman–Crippen MR) is 104 cm³/mol. The summed E-state index contributed by atoms with van der Waals surface area (Å²) in [5.74, 6) is 0.927. The Morgan fingerprint density at radius 3 is 2.78 bits per heavy atom. The van der Waals surface area contributed by atoms with Crippen molar-refractivity contribution in [3.8, 4) is 6.07 Å². The topological polar surface area (TPSA) is 72.3 Å². The number of piperidine rings is 1. The van der Waals surface area contributed by atoms with Gasteiger partial charge in [0.15, 0.2) is 0 Å². The van der Waals surface area contributed by atoms with Gasteiger partial charge in [-0.25, -0.2) is 4.98 Å². The number of hydrogen-bond donors (Lipinski definition) is 1. The van der Waals surface area contributed by atoms with Gasteiger partial charge in [0, 0.05) is 37.6 Å². The summed E-state index contributed by atoms with van der Waals surface area (Å²) in [6, 6.07) is 12.5. The van der Waals surface area contributed by atoms with E-state index in [0.29, 0.717) is 18.2 Å². The fourth-order valence-electron chi connectivity index (χ4n) is 3.95. The fourth-order valence-corrected chi connectivity index (χ4v) is 3.95. The molecule has 138 valence electrons. The number of para-hydroxylation sites is 1. The lowest BCUT2D eigenvalue weighted by molar-refractivity contribution is -0.117. The van der Waals surface area contributed by atoms with Crippen molar-refractivity contribution in [1.82, 2.24) is 9.88 Å². The highest BCUT2D eigenvalue weighted by molar-refractivity contribution is 5.93. The van der Waals surface area contributed by atoms with Gasteiger partial charge in [-0.15, -0.1) is 0 Å². The quantitative estimate of drug-likeness (QED) is 0.890. The summed E-state index contributed by atoms with van der Waals surface area (Å²) in [6.45, 7) is 4.89. The van der Waals surface area contributed by atoms with Gasteiger partial charge in [0.05, 0.1) is 18.2 Å². The summed E-state index contributed by atoms with van der Waals surface area (Å²) in [4.78, 5) is 21.3. The number of nitrogens with zero attached hydrogens (tertiary/aromatic N) is 4. The van der Waals surface area contributed by atoms with Crippen LogP contribution in [0.25, 0.3) is 0 Å². The van der Waals surface area contributed by atoms with Crippen LogP contribution < -0.4 is 10.2 Å². The Balaban J connectivity index is 1.45. The minimum atomic E-state index is 0.0567. The molecule has 6 heteroatoms. The smallest absolute Gasteiger partial charge is 0.238 e. The van der Waals surface area contributed by atoms with Crippen LogP contribution in [0, 0.1) is 18.3 Å². The van der Waals surface area contributed by atoms with Gasteiger partial charge in [-0.05, 0) is 43.0 Å². The molecule has 0 atom stereocenters. The van der Waals surface area contributed by atoms with Gasteiger partial charge in [-0.1, -0.05) is 18.2 Å². The predicted octanol–water partition coefficient (Wildman–Crippen LogP) is 2.68. The minimum absolute atomic E-state index is 0.0567. The van der Waals surface area contributed by atoms with Crippen LogP contribution in [-0.2, 0) is 11.3 Å². The Hall–Kier alpha value is -2.91. The fraction of sp³-hybridized carbons (Fsp3) is 0.381. The number of fused-ring (bicyclic) bond motifs is 1. The maximum atomic E-state index is 12.3. The second-order valence-corrected chi connectivity index (χ2v) is 7.30. The molecule has 27 heavy (non-hydrogen) atoms. The second-order valence-electron chi connectivity index (χ2n) is 7.30. The highest BCUT2D eigenvalue weighted by Crippen LogP contribution is 2.27. The van der Waals surface area contributed by atoms with E-state index in [9.17, 15) is 10.1 Å². The van der Waals surface area contributed by atoms with Crippen LogP contribution in [0.5, 0.6) is 0 Å². The van der Waals surface area contributed by atoms with Crippen molar-refractivity contribution in [2.75, 3.05) is 29.9 Å². The number of carbonyl (C=O) groups is 1. The molecule has 2 aliphatic heterocycles. The summed E-state index contributed by atoms with van der Waals surface area (Å²) in [5, 5.41) is 12.3. The lowest BCUT2D eigenvalue weighted by Crippen LogP contribution is -2.46. The number of nitrogens with one attached hydrogen (secondary N) is 1. The first kappa shape index (κ1) is 17.5. The van der Waals surface area contributed by atoms with Crippen molar-refractivity contribution in [3.05, 3.63) is 53.2 Å². The number of nitriles is 1. The van der Waals surface area contributed by atoms with Crippen molar-refractivity contribution in [3.63, 3.8) is 0 Å². The molecule has 1 N–H and O–H groups in total. The van der Waals surface area contributed by atoms with E-state index < -0.39 is 0 Å². The number of amides is 1. The highest BCUT2D eigenvalue weighted by Gasteiger charge is 2.29. The molecule has 0 spiro atoms. The molecule has 1 fully saturated rings. The van der Waals surface area contributed by atoms with Gasteiger partial charge in [-0.3, -0.25) is 9.69 Å². The third-order valence-corrected chi connectivity index (χ3v) is 5.53. The molecule has 1 amide bonds. The van der Waals surface area contributed by atoms with Crippen LogP contribution in [0.2, 0.25) is 0 Å². The van der Waals surface area contributed by atoms with Crippen molar-refractivity contribution >= 4 is 17.4 Å². The minimum Gasteiger partial charge on any atom is -0.356 e. The van der Waals surface area contributed by atoms with Crippen molar-refractivity contribution in [1.29, 1.82) is 5.26 Å². The number of rotatable bonds is 2. The van der Waals surface area contributed by atoms with Gasteiger partial charge >= 0.3 is 0 Å². The Kier molecular flexibility index (Phi) is 4.78. The molecular formula is C21H23N5O. The van der Waals surface area contributed by atoms with Gasteiger partial charge in [-0.2, -0.15) is 5.26 Å². The summed E-state index contributed by atoms with van der Waals surface area (Å²) in [7, 11) is 0. The van der Waals surface area contributed by atoms with E-state index >= 15 is 0 Å². The van der Waals surface area contributed by atoms with Gasteiger partial charge in [0.25, 0.3) is 0 Å².